The third-order valence-corrected chi connectivity index (χ3v) is 3.84. The Hall–Kier alpha value is -2.30. The van der Waals surface area contributed by atoms with Gasteiger partial charge in [0, 0.05) is 6.04 Å². The van der Waals surface area contributed by atoms with Crippen LogP contribution in [0.2, 0.25) is 0 Å². The molecule has 1 aromatic carbocycles. The second-order valence-corrected chi connectivity index (χ2v) is 5.27. The minimum atomic E-state index is -0.0916. The molecule has 0 radical (unpaired) electrons. The van der Waals surface area contributed by atoms with Gasteiger partial charge in [-0.05, 0) is 26.0 Å². The number of hydrogen-bond donors (Lipinski definition) is 2. The minimum absolute atomic E-state index is 0.0147. The number of rotatable bonds is 1. The number of amides is 1. The molecule has 2 heterocycles. The van der Waals surface area contributed by atoms with Crippen LogP contribution in [0, 0.1) is 12.8 Å². The number of nitrogens with zero attached hydrogens (tertiary/aromatic N) is 2. The van der Waals surface area contributed by atoms with Crippen LogP contribution in [-0.4, -0.2) is 21.7 Å². The summed E-state index contributed by atoms with van der Waals surface area (Å²) in [5.41, 5.74) is 2.71. The van der Waals surface area contributed by atoms with Gasteiger partial charge in [0.1, 0.15) is 5.69 Å². The molecule has 1 aliphatic rings. The molecular weight excluding hydrogens is 252 g/mol. The van der Waals surface area contributed by atoms with E-state index in [9.17, 15) is 4.79 Å². The molecule has 0 aliphatic carbocycles. The molecule has 20 heavy (non-hydrogen) atoms. The molecule has 5 nitrogen and oxygen atoms in total. The highest BCUT2D eigenvalue weighted by Gasteiger charge is 2.29. The van der Waals surface area contributed by atoms with Gasteiger partial charge in [-0.1, -0.05) is 25.1 Å². The Balaban J connectivity index is 2.13. The molecule has 1 amide bonds. The molecular formula is C15H18N4O. The van der Waals surface area contributed by atoms with Crippen LogP contribution < -0.4 is 10.6 Å². The van der Waals surface area contributed by atoms with Crippen LogP contribution in [0.4, 0.5) is 11.5 Å². The average Bonchev–Trinajstić information content (AvgIpc) is 2.70. The van der Waals surface area contributed by atoms with E-state index in [2.05, 4.69) is 15.7 Å². The minimum Gasteiger partial charge on any atom is -0.377 e. The topological polar surface area (TPSA) is 59.0 Å². The van der Waals surface area contributed by atoms with E-state index in [1.807, 2.05) is 51.1 Å². The van der Waals surface area contributed by atoms with Gasteiger partial charge in [-0.15, -0.1) is 0 Å². The lowest BCUT2D eigenvalue weighted by Gasteiger charge is -2.16. The fraction of sp³-hybridized carbons (Fsp3) is 0.333. The van der Waals surface area contributed by atoms with E-state index in [1.54, 1.807) is 4.68 Å². The third-order valence-electron chi connectivity index (χ3n) is 3.84. The molecule has 3 rings (SSSR count). The zero-order chi connectivity index (χ0) is 14.3. The Kier molecular flexibility index (Phi) is 2.97. The summed E-state index contributed by atoms with van der Waals surface area (Å²) in [4.78, 5) is 12.2. The highest BCUT2D eigenvalue weighted by molar-refractivity contribution is 5.97. The maximum Gasteiger partial charge on any atom is 0.230 e. The first-order chi connectivity index (χ1) is 9.58. The van der Waals surface area contributed by atoms with Crippen LogP contribution in [0.1, 0.15) is 19.5 Å². The Morgan fingerprint density at radius 3 is 2.60 bits per heavy atom. The molecule has 0 bridgehead atoms. The number of para-hydroxylation sites is 1. The summed E-state index contributed by atoms with van der Waals surface area (Å²) in [6.07, 6.45) is 0. The summed E-state index contributed by atoms with van der Waals surface area (Å²) >= 11 is 0. The summed E-state index contributed by atoms with van der Waals surface area (Å²) in [7, 11) is 0. The number of carbonyl (C=O) groups excluding carboxylic acids is 1. The van der Waals surface area contributed by atoms with Gasteiger partial charge in [-0.25, -0.2) is 4.68 Å². The lowest BCUT2D eigenvalue weighted by atomic mass is 10.0. The van der Waals surface area contributed by atoms with Gasteiger partial charge in [-0.3, -0.25) is 4.79 Å². The van der Waals surface area contributed by atoms with Crippen molar-refractivity contribution < 1.29 is 4.79 Å². The Labute approximate surface area is 118 Å². The standard InChI is InChI=1S/C15H18N4O/c1-9-10(2)16-13-11(3)18-19(14(13)17-15(9)20)12-7-5-4-6-8-12/h4-10,16H,1-3H3,(H,17,20). The Bertz CT molecular complexity index is 647. The van der Waals surface area contributed by atoms with Gasteiger partial charge < -0.3 is 10.6 Å². The molecule has 2 aromatic rings. The third kappa shape index (κ3) is 1.95. The summed E-state index contributed by atoms with van der Waals surface area (Å²) in [6, 6.07) is 9.88. The van der Waals surface area contributed by atoms with E-state index in [0.29, 0.717) is 0 Å². The fourth-order valence-corrected chi connectivity index (χ4v) is 2.38. The van der Waals surface area contributed by atoms with E-state index in [1.165, 1.54) is 0 Å². The van der Waals surface area contributed by atoms with Crippen LogP contribution >= 0.6 is 0 Å². The first-order valence-electron chi connectivity index (χ1n) is 6.80. The number of aryl methyl sites for hydroxylation is 1. The predicted octanol–water partition coefficient (Wildman–Crippen LogP) is 2.57. The normalized spacial score (nSPS) is 21.6. The molecule has 0 saturated carbocycles. The van der Waals surface area contributed by atoms with E-state index in [4.69, 9.17) is 0 Å². The van der Waals surface area contributed by atoms with Crippen molar-refractivity contribution in [2.75, 3.05) is 10.6 Å². The van der Waals surface area contributed by atoms with Crippen LogP contribution in [0.15, 0.2) is 30.3 Å². The highest BCUT2D eigenvalue weighted by Crippen LogP contribution is 2.32. The number of benzene rings is 1. The Morgan fingerprint density at radius 1 is 1.20 bits per heavy atom. The molecule has 1 aromatic heterocycles. The number of anilines is 2. The number of hydrogen-bond acceptors (Lipinski definition) is 3. The van der Waals surface area contributed by atoms with E-state index < -0.39 is 0 Å². The summed E-state index contributed by atoms with van der Waals surface area (Å²) in [5, 5.41) is 10.9. The second kappa shape index (κ2) is 4.67. The fourth-order valence-electron chi connectivity index (χ4n) is 2.38. The monoisotopic (exact) mass is 270 g/mol. The summed E-state index contributed by atoms with van der Waals surface area (Å²) < 4.78 is 1.78. The molecule has 0 spiro atoms. The molecule has 2 N–H and O–H groups in total. The van der Waals surface area contributed by atoms with Crippen molar-refractivity contribution in [1.82, 2.24) is 9.78 Å². The van der Waals surface area contributed by atoms with E-state index >= 15 is 0 Å². The maximum atomic E-state index is 12.2. The zero-order valence-electron chi connectivity index (χ0n) is 11.8. The van der Waals surface area contributed by atoms with Crippen molar-refractivity contribution in [3.05, 3.63) is 36.0 Å². The number of aromatic nitrogens is 2. The average molecular weight is 270 g/mol. The molecule has 0 fully saturated rings. The maximum absolute atomic E-state index is 12.2. The number of fused-ring (bicyclic) bond motifs is 1. The second-order valence-electron chi connectivity index (χ2n) is 5.27. The molecule has 2 unspecified atom stereocenters. The van der Waals surface area contributed by atoms with Crippen molar-refractivity contribution >= 4 is 17.4 Å². The van der Waals surface area contributed by atoms with Crippen molar-refractivity contribution in [3.8, 4) is 5.69 Å². The van der Waals surface area contributed by atoms with Gasteiger partial charge in [0.05, 0.1) is 17.3 Å². The summed E-state index contributed by atoms with van der Waals surface area (Å²) in [6.45, 7) is 5.88. The SMILES string of the molecule is Cc1nn(-c2ccccc2)c2c1NC(C)C(C)C(=O)N2. The van der Waals surface area contributed by atoms with Gasteiger partial charge >= 0.3 is 0 Å². The van der Waals surface area contributed by atoms with Crippen LogP contribution in [0.3, 0.4) is 0 Å². The molecule has 0 saturated heterocycles. The molecule has 1 aliphatic heterocycles. The van der Waals surface area contributed by atoms with Gasteiger partial charge in [0.25, 0.3) is 0 Å². The first kappa shape index (κ1) is 12.7. The van der Waals surface area contributed by atoms with Crippen molar-refractivity contribution in [2.45, 2.75) is 26.8 Å². The lowest BCUT2D eigenvalue weighted by Crippen LogP contribution is -2.31. The van der Waals surface area contributed by atoms with E-state index in [-0.39, 0.29) is 17.9 Å². The molecule has 5 heteroatoms. The number of nitrogens with one attached hydrogen (secondary N) is 2. The van der Waals surface area contributed by atoms with Crippen molar-refractivity contribution in [3.63, 3.8) is 0 Å². The van der Waals surface area contributed by atoms with Crippen molar-refractivity contribution in [1.29, 1.82) is 0 Å². The van der Waals surface area contributed by atoms with E-state index in [0.717, 1.165) is 22.9 Å². The predicted molar refractivity (Wildman–Crippen MR) is 79.2 cm³/mol. The quantitative estimate of drug-likeness (QED) is 0.837. The molecule has 104 valence electrons. The smallest absolute Gasteiger partial charge is 0.230 e. The number of carbonyl (C=O) groups is 1. The van der Waals surface area contributed by atoms with Gasteiger partial charge in [0.15, 0.2) is 5.82 Å². The Morgan fingerprint density at radius 2 is 1.90 bits per heavy atom. The van der Waals surface area contributed by atoms with Crippen LogP contribution in [0.25, 0.3) is 5.69 Å². The molecule has 2 atom stereocenters. The largest absolute Gasteiger partial charge is 0.377 e. The lowest BCUT2D eigenvalue weighted by molar-refractivity contribution is -0.119. The zero-order valence-corrected chi connectivity index (χ0v) is 11.8. The van der Waals surface area contributed by atoms with Crippen LogP contribution in [-0.2, 0) is 4.79 Å². The summed E-state index contributed by atoms with van der Waals surface area (Å²) in [5.74, 6) is 0.641. The first-order valence-corrected chi connectivity index (χ1v) is 6.80. The highest BCUT2D eigenvalue weighted by atomic mass is 16.2. The van der Waals surface area contributed by atoms with Gasteiger partial charge in [0.2, 0.25) is 5.91 Å². The van der Waals surface area contributed by atoms with Crippen LogP contribution in [0.5, 0.6) is 0 Å². The van der Waals surface area contributed by atoms with Crippen molar-refractivity contribution in [2.24, 2.45) is 5.92 Å². The van der Waals surface area contributed by atoms with Gasteiger partial charge in [-0.2, -0.15) is 5.10 Å².